The van der Waals surface area contributed by atoms with E-state index in [2.05, 4.69) is 22.1 Å². The van der Waals surface area contributed by atoms with Gasteiger partial charge in [-0.3, -0.25) is 9.48 Å². The molecule has 7 nitrogen and oxygen atoms in total. The summed E-state index contributed by atoms with van der Waals surface area (Å²) >= 11 is 1.63. The maximum Gasteiger partial charge on any atom is 0.259 e. The molecule has 4 aromatic rings. The highest BCUT2D eigenvalue weighted by molar-refractivity contribution is 7.13. The van der Waals surface area contributed by atoms with E-state index in [1.54, 1.807) is 40.2 Å². The number of rotatable bonds is 5. The van der Waals surface area contributed by atoms with Gasteiger partial charge in [-0.15, -0.1) is 11.3 Å². The Hall–Kier alpha value is -3.00. The van der Waals surface area contributed by atoms with Gasteiger partial charge in [0.15, 0.2) is 5.65 Å². The van der Waals surface area contributed by atoms with Crippen molar-refractivity contribution in [1.82, 2.24) is 29.3 Å². The summed E-state index contributed by atoms with van der Waals surface area (Å²) in [4.78, 5) is 20.2. The molecule has 0 atom stereocenters. The van der Waals surface area contributed by atoms with Crippen LogP contribution in [0.5, 0.6) is 0 Å². The number of hydrogen-bond donors (Lipinski definition) is 0. The Morgan fingerprint density at radius 2 is 2.11 bits per heavy atom. The molecule has 0 aliphatic carbocycles. The first kappa shape index (κ1) is 17.4. The number of aryl methyl sites for hydroxylation is 1. The minimum absolute atomic E-state index is 0.107. The van der Waals surface area contributed by atoms with E-state index >= 15 is 0 Å². The van der Waals surface area contributed by atoms with Gasteiger partial charge in [0.25, 0.3) is 5.91 Å². The lowest BCUT2D eigenvalue weighted by atomic mass is 10.2. The average Bonchev–Trinajstić information content (AvgIpc) is 3.41. The molecular formula is C19H20N6OS. The molecule has 0 N–H and O–H groups in total. The van der Waals surface area contributed by atoms with Crippen molar-refractivity contribution in [2.75, 3.05) is 7.05 Å². The molecule has 8 heteroatoms. The third kappa shape index (κ3) is 3.02. The largest absolute Gasteiger partial charge is 0.337 e. The topological polar surface area (TPSA) is 68.3 Å². The van der Waals surface area contributed by atoms with E-state index in [4.69, 9.17) is 0 Å². The molecule has 0 fully saturated rings. The van der Waals surface area contributed by atoms with E-state index in [0.29, 0.717) is 17.8 Å². The molecule has 4 heterocycles. The van der Waals surface area contributed by atoms with Crippen LogP contribution in [0.1, 0.15) is 28.5 Å². The molecule has 0 unspecified atom stereocenters. The number of carbonyl (C=O) groups is 1. The third-order valence-corrected chi connectivity index (χ3v) is 5.56. The van der Waals surface area contributed by atoms with Gasteiger partial charge >= 0.3 is 0 Å². The lowest BCUT2D eigenvalue weighted by Gasteiger charge is -2.16. The third-order valence-electron chi connectivity index (χ3n) is 4.66. The van der Waals surface area contributed by atoms with Crippen LogP contribution in [0.3, 0.4) is 0 Å². The molecule has 0 aliphatic rings. The van der Waals surface area contributed by atoms with Crippen molar-refractivity contribution in [3.8, 4) is 10.6 Å². The molecule has 0 aromatic carbocycles. The van der Waals surface area contributed by atoms with Crippen molar-refractivity contribution in [3.63, 3.8) is 0 Å². The highest BCUT2D eigenvalue weighted by Gasteiger charge is 2.21. The van der Waals surface area contributed by atoms with Gasteiger partial charge in [0.1, 0.15) is 5.56 Å². The van der Waals surface area contributed by atoms with Crippen LogP contribution >= 0.6 is 11.3 Å². The monoisotopic (exact) mass is 380 g/mol. The second kappa shape index (κ2) is 6.96. The number of carbonyl (C=O) groups excluding carboxylic acids is 1. The van der Waals surface area contributed by atoms with Crippen LogP contribution < -0.4 is 0 Å². The second-order valence-corrected chi connectivity index (χ2v) is 7.28. The summed E-state index contributed by atoms with van der Waals surface area (Å²) in [7, 11) is 1.79. The first-order valence-electron chi connectivity index (χ1n) is 8.73. The van der Waals surface area contributed by atoms with Gasteiger partial charge in [0, 0.05) is 37.6 Å². The van der Waals surface area contributed by atoms with Crippen molar-refractivity contribution in [1.29, 1.82) is 0 Å². The molecule has 0 bridgehead atoms. The number of thiophene rings is 1. The molecular weight excluding hydrogens is 360 g/mol. The van der Waals surface area contributed by atoms with Crippen molar-refractivity contribution in [2.24, 2.45) is 0 Å². The summed E-state index contributed by atoms with van der Waals surface area (Å²) in [5.41, 5.74) is 4.11. The van der Waals surface area contributed by atoms with Crippen molar-refractivity contribution in [3.05, 3.63) is 59.0 Å². The smallest absolute Gasteiger partial charge is 0.259 e. The molecule has 0 saturated heterocycles. The summed E-state index contributed by atoms with van der Waals surface area (Å²) in [6.07, 6.45) is 5.14. The molecule has 0 spiro atoms. The summed E-state index contributed by atoms with van der Waals surface area (Å²) in [5, 5.41) is 10.8. The van der Waals surface area contributed by atoms with Gasteiger partial charge in [-0.25, -0.2) is 9.50 Å². The standard InChI is InChI=1S/C19H20N6OS/c1-4-24-13(2)14(10-21-24)12-23(3)19(26)15-11-22-25-16(7-8-20-18(15)25)17-6-5-9-27-17/h5-11H,4,12H2,1-3H3. The minimum atomic E-state index is -0.107. The summed E-state index contributed by atoms with van der Waals surface area (Å²) in [5.74, 6) is -0.107. The van der Waals surface area contributed by atoms with Gasteiger partial charge in [-0.05, 0) is 31.4 Å². The predicted molar refractivity (Wildman–Crippen MR) is 105 cm³/mol. The van der Waals surface area contributed by atoms with Crippen LogP contribution in [0.15, 0.2) is 42.2 Å². The number of hydrogen-bond acceptors (Lipinski definition) is 5. The van der Waals surface area contributed by atoms with E-state index in [1.165, 1.54) is 0 Å². The second-order valence-electron chi connectivity index (χ2n) is 6.33. The zero-order valence-corrected chi connectivity index (χ0v) is 16.3. The van der Waals surface area contributed by atoms with Gasteiger partial charge < -0.3 is 4.90 Å². The van der Waals surface area contributed by atoms with Gasteiger partial charge in [-0.2, -0.15) is 10.2 Å². The van der Waals surface area contributed by atoms with Gasteiger partial charge in [-0.1, -0.05) is 6.07 Å². The Morgan fingerprint density at radius 1 is 1.26 bits per heavy atom. The number of fused-ring (bicyclic) bond motifs is 1. The number of nitrogens with zero attached hydrogens (tertiary/aromatic N) is 6. The zero-order valence-electron chi connectivity index (χ0n) is 15.5. The summed E-state index contributed by atoms with van der Waals surface area (Å²) < 4.78 is 3.66. The van der Waals surface area contributed by atoms with Crippen LogP contribution in [0.25, 0.3) is 16.2 Å². The normalized spacial score (nSPS) is 11.2. The van der Waals surface area contributed by atoms with E-state index in [1.807, 2.05) is 41.4 Å². The van der Waals surface area contributed by atoms with Crippen LogP contribution in [0.4, 0.5) is 0 Å². The molecule has 1 amide bonds. The quantitative estimate of drug-likeness (QED) is 0.533. The van der Waals surface area contributed by atoms with Crippen LogP contribution in [-0.2, 0) is 13.1 Å². The summed E-state index contributed by atoms with van der Waals surface area (Å²) in [6.45, 7) is 5.38. The Kier molecular flexibility index (Phi) is 4.49. The van der Waals surface area contributed by atoms with Crippen LogP contribution in [-0.4, -0.2) is 42.2 Å². The highest BCUT2D eigenvalue weighted by atomic mass is 32.1. The van der Waals surface area contributed by atoms with E-state index < -0.39 is 0 Å². The maximum absolute atomic E-state index is 13.0. The van der Waals surface area contributed by atoms with E-state index in [0.717, 1.165) is 28.4 Å². The molecule has 4 aromatic heterocycles. The Labute approximate surface area is 160 Å². The molecule has 138 valence electrons. The summed E-state index contributed by atoms with van der Waals surface area (Å²) in [6, 6.07) is 5.93. The van der Waals surface area contributed by atoms with Gasteiger partial charge in [0.05, 0.1) is 23.0 Å². The fraction of sp³-hybridized carbons (Fsp3) is 0.263. The number of amides is 1. The fourth-order valence-electron chi connectivity index (χ4n) is 3.15. The molecule has 0 radical (unpaired) electrons. The Bertz CT molecular complexity index is 1100. The Balaban J connectivity index is 1.64. The van der Waals surface area contributed by atoms with E-state index in [9.17, 15) is 4.79 Å². The molecule has 0 aliphatic heterocycles. The number of aromatic nitrogens is 5. The van der Waals surface area contributed by atoms with Crippen LogP contribution in [0, 0.1) is 6.92 Å². The van der Waals surface area contributed by atoms with Crippen molar-refractivity contribution in [2.45, 2.75) is 26.9 Å². The van der Waals surface area contributed by atoms with E-state index in [-0.39, 0.29) is 5.91 Å². The van der Waals surface area contributed by atoms with Crippen molar-refractivity contribution < 1.29 is 4.79 Å². The van der Waals surface area contributed by atoms with Crippen LogP contribution in [0.2, 0.25) is 0 Å². The maximum atomic E-state index is 13.0. The predicted octanol–water partition coefficient (Wildman–Crippen LogP) is 3.25. The zero-order chi connectivity index (χ0) is 19.0. The molecule has 4 rings (SSSR count). The first-order chi connectivity index (χ1) is 13.1. The van der Waals surface area contributed by atoms with Crippen molar-refractivity contribution >= 4 is 22.9 Å². The SMILES string of the molecule is CCn1ncc(CN(C)C(=O)c2cnn3c(-c4cccs4)ccnc23)c1C. The minimum Gasteiger partial charge on any atom is -0.337 e. The first-order valence-corrected chi connectivity index (χ1v) is 9.61. The molecule has 0 saturated carbocycles. The average molecular weight is 380 g/mol. The van der Waals surface area contributed by atoms with Gasteiger partial charge in [0.2, 0.25) is 0 Å². The lowest BCUT2D eigenvalue weighted by Crippen LogP contribution is -2.26. The Morgan fingerprint density at radius 3 is 2.81 bits per heavy atom. The lowest BCUT2D eigenvalue weighted by molar-refractivity contribution is 0.0786. The molecule has 27 heavy (non-hydrogen) atoms. The highest BCUT2D eigenvalue weighted by Crippen LogP contribution is 2.25. The fourth-order valence-corrected chi connectivity index (χ4v) is 3.88.